The molecule has 1 N–H and O–H groups in total. The molecule has 0 radical (unpaired) electrons. The standard InChI is InChI=1S/C16H17N5O4/c1-19-14(22)15(23)21-7-10-11(18-16(19)21)3-4-12(13(10)24-2)25-9-20-6-5-17-8-20/h3-6,8,15,23H,7,9H2,1-2H3. The first-order valence-corrected chi connectivity index (χ1v) is 7.69. The van der Waals surface area contributed by atoms with Gasteiger partial charge in [-0.15, -0.1) is 0 Å². The Kier molecular flexibility index (Phi) is 3.57. The van der Waals surface area contributed by atoms with Crippen LogP contribution >= 0.6 is 0 Å². The van der Waals surface area contributed by atoms with E-state index in [-0.39, 0.29) is 6.73 Å². The van der Waals surface area contributed by atoms with Gasteiger partial charge in [0.1, 0.15) is 0 Å². The van der Waals surface area contributed by atoms with Crippen LogP contribution in [0, 0.1) is 0 Å². The molecule has 3 heterocycles. The number of ether oxygens (including phenoxy) is 2. The summed E-state index contributed by atoms with van der Waals surface area (Å²) in [6, 6.07) is 3.59. The van der Waals surface area contributed by atoms with Crippen LogP contribution in [0.4, 0.5) is 5.69 Å². The molecule has 1 saturated heterocycles. The van der Waals surface area contributed by atoms with Gasteiger partial charge in [0, 0.05) is 25.0 Å². The van der Waals surface area contributed by atoms with E-state index < -0.39 is 12.1 Å². The van der Waals surface area contributed by atoms with E-state index >= 15 is 0 Å². The van der Waals surface area contributed by atoms with Gasteiger partial charge in [-0.2, -0.15) is 0 Å². The molecule has 2 aromatic rings. The van der Waals surface area contributed by atoms with E-state index in [0.717, 1.165) is 5.56 Å². The Morgan fingerprint density at radius 1 is 1.40 bits per heavy atom. The highest BCUT2D eigenvalue weighted by Crippen LogP contribution is 2.42. The zero-order valence-corrected chi connectivity index (χ0v) is 13.8. The zero-order valence-electron chi connectivity index (χ0n) is 13.8. The Morgan fingerprint density at radius 2 is 2.24 bits per heavy atom. The topological polar surface area (TPSA) is 92.4 Å². The maximum Gasteiger partial charge on any atom is 0.279 e. The number of hydrogen-bond donors (Lipinski definition) is 1. The summed E-state index contributed by atoms with van der Waals surface area (Å²) < 4.78 is 13.1. The van der Waals surface area contributed by atoms with Gasteiger partial charge in [0.2, 0.25) is 12.2 Å². The summed E-state index contributed by atoms with van der Waals surface area (Å²) in [5, 5.41) is 10.1. The molecule has 1 unspecified atom stereocenters. The van der Waals surface area contributed by atoms with E-state index in [1.165, 1.54) is 9.80 Å². The molecular formula is C16H17N5O4. The minimum absolute atomic E-state index is 0.289. The van der Waals surface area contributed by atoms with Gasteiger partial charge < -0.3 is 24.0 Å². The van der Waals surface area contributed by atoms with Crippen LogP contribution in [0.3, 0.4) is 0 Å². The number of fused-ring (bicyclic) bond motifs is 2. The smallest absolute Gasteiger partial charge is 0.279 e. The summed E-state index contributed by atoms with van der Waals surface area (Å²) in [5.41, 5.74) is 1.45. The Balaban J connectivity index is 1.68. The molecule has 130 valence electrons. The maximum atomic E-state index is 12.0. The van der Waals surface area contributed by atoms with Crippen LogP contribution in [-0.4, -0.2) is 56.7 Å². The molecule has 0 spiro atoms. The van der Waals surface area contributed by atoms with Crippen LogP contribution in [-0.2, 0) is 18.1 Å². The average Bonchev–Trinajstić information content (AvgIpc) is 3.22. The normalized spacial score (nSPS) is 18.8. The van der Waals surface area contributed by atoms with Gasteiger partial charge >= 0.3 is 0 Å². The van der Waals surface area contributed by atoms with Gasteiger partial charge in [0.05, 0.1) is 25.7 Å². The van der Waals surface area contributed by atoms with E-state index in [1.807, 2.05) is 6.07 Å². The molecule has 0 aliphatic carbocycles. The van der Waals surface area contributed by atoms with Crippen molar-refractivity contribution in [2.75, 3.05) is 14.2 Å². The van der Waals surface area contributed by atoms with Gasteiger partial charge in [0.15, 0.2) is 18.2 Å². The molecule has 1 aromatic heterocycles. The van der Waals surface area contributed by atoms with E-state index in [9.17, 15) is 9.90 Å². The van der Waals surface area contributed by atoms with E-state index in [1.54, 1.807) is 43.5 Å². The van der Waals surface area contributed by atoms with Crippen molar-refractivity contribution in [3.05, 3.63) is 36.4 Å². The van der Waals surface area contributed by atoms with E-state index in [4.69, 9.17) is 9.47 Å². The first-order chi connectivity index (χ1) is 12.1. The van der Waals surface area contributed by atoms with Gasteiger partial charge in [-0.25, -0.2) is 9.98 Å². The predicted octanol–water partition coefficient (Wildman–Crippen LogP) is 0.522. The lowest BCUT2D eigenvalue weighted by atomic mass is 10.1. The number of carbonyl (C=O) groups excluding carboxylic acids is 1. The second-order valence-electron chi connectivity index (χ2n) is 5.76. The highest BCUT2D eigenvalue weighted by molar-refractivity contribution is 6.06. The van der Waals surface area contributed by atoms with Crippen LogP contribution in [0.1, 0.15) is 5.56 Å². The van der Waals surface area contributed by atoms with Gasteiger partial charge in [-0.05, 0) is 12.1 Å². The van der Waals surface area contributed by atoms with Crippen molar-refractivity contribution < 1.29 is 19.4 Å². The number of nitrogens with zero attached hydrogens (tertiary/aromatic N) is 5. The minimum Gasteiger partial charge on any atom is -0.492 e. The number of aliphatic hydroxyl groups excluding tert-OH is 1. The number of carbonyl (C=O) groups is 1. The van der Waals surface area contributed by atoms with Crippen molar-refractivity contribution in [3.8, 4) is 11.5 Å². The molecule has 0 bridgehead atoms. The molecule has 2 aliphatic rings. The quantitative estimate of drug-likeness (QED) is 0.870. The molecule has 1 aromatic carbocycles. The first-order valence-electron chi connectivity index (χ1n) is 7.69. The molecule has 4 rings (SSSR count). The van der Waals surface area contributed by atoms with E-state index in [0.29, 0.717) is 29.7 Å². The molecule has 1 atom stereocenters. The van der Waals surface area contributed by atoms with Crippen LogP contribution in [0.25, 0.3) is 0 Å². The van der Waals surface area contributed by atoms with Gasteiger partial charge in [-0.3, -0.25) is 9.69 Å². The number of benzene rings is 1. The van der Waals surface area contributed by atoms with Crippen molar-refractivity contribution in [1.29, 1.82) is 0 Å². The first kappa shape index (κ1) is 15.5. The maximum absolute atomic E-state index is 12.0. The molecule has 9 heteroatoms. The molecule has 0 saturated carbocycles. The predicted molar refractivity (Wildman–Crippen MR) is 87.3 cm³/mol. The third kappa shape index (κ3) is 2.40. The molecule has 1 fully saturated rings. The highest BCUT2D eigenvalue weighted by atomic mass is 16.5. The number of rotatable bonds is 4. The lowest BCUT2D eigenvalue weighted by molar-refractivity contribution is -0.136. The molecule has 2 aliphatic heterocycles. The second-order valence-corrected chi connectivity index (χ2v) is 5.76. The number of aliphatic imine (C=N–C) groups is 1. The fourth-order valence-electron chi connectivity index (χ4n) is 2.98. The SMILES string of the molecule is COc1c(OCn2ccnc2)ccc2c1CN1C(=N2)N(C)C(=O)C1O. The zero-order chi connectivity index (χ0) is 17.6. The largest absolute Gasteiger partial charge is 0.492 e. The van der Waals surface area contributed by atoms with E-state index in [2.05, 4.69) is 9.98 Å². The van der Waals surface area contributed by atoms with Crippen molar-refractivity contribution in [3.63, 3.8) is 0 Å². The van der Waals surface area contributed by atoms with Crippen molar-refractivity contribution in [1.82, 2.24) is 19.4 Å². The van der Waals surface area contributed by atoms with Crippen molar-refractivity contribution >= 4 is 17.6 Å². The number of hydrogen-bond acceptors (Lipinski definition) is 7. The Labute approximate surface area is 143 Å². The Bertz CT molecular complexity index is 848. The fourth-order valence-corrected chi connectivity index (χ4v) is 2.98. The lowest BCUT2D eigenvalue weighted by Gasteiger charge is -2.28. The summed E-state index contributed by atoms with van der Waals surface area (Å²) in [5.74, 6) is 1.12. The highest BCUT2D eigenvalue weighted by Gasteiger charge is 2.43. The number of guanidine groups is 1. The fraction of sp³-hybridized carbons (Fsp3) is 0.312. The number of imidazole rings is 1. The molecule has 25 heavy (non-hydrogen) atoms. The van der Waals surface area contributed by atoms with Crippen LogP contribution in [0.5, 0.6) is 11.5 Å². The average molecular weight is 343 g/mol. The van der Waals surface area contributed by atoms with Gasteiger partial charge in [0.25, 0.3) is 5.91 Å². The Hall–Kier alpha value is -3.07. The minimum atomic E-state index is -1.24. The number of amides is 1. The third-order valence-electron chi connectivity index (χ3n) is 4.28. The molecule has 1 amide bonds. The monoisotopic (exact) mass is 343 g/mol. The Morgan fingerprint density at radius 3 is 2.96 bits per heavy atom. The number of likely N-dealkylation sites (N-methyl/N-ethyl adjacent to an activating group) is 1. The van der Waals surface area contributed by atoms with Crippen molar-refractivity contribution in [2.24, 2.45) is 4.99 Å². The third-order valence-corrected chi connectivity index (χ3v) is 4.28. The summed E-state index contributed by atoms with van der Waals surface area (Å²) in [7, 11) is 3.14. The van der Waals surface area contributed by atoms with Crippen LogP contribution in [0.15, 0.2) is 35.8 Å². The lowest BCUT2D eigenvalue weighted by Crippen LogP contribution is -2.37. The summed E-state index contributed by atoms with van der Waals surface area (Å²) in [6.45, 7) is 0.591. The number of aromatic nitrogens is 2. The summed E-state index contributed by atoms with van der Waals surface area (Å²) in [6.07, 6.45) is 3.89. The molecule has 9 nitrogen and oxygen atoms in total. The second kappa shape index (κ2) is 5.78. The number of aliphatic hydroxyl groups is 1. The van der Waals surface area contributed by atoms with Crippen molar-refractivity contribution in [2.45, 2.75) is 19.5 Å². The molecular weight excluding hydrogens is 326 g/mol. The van der Waals surface area contributed by atoms with Crippen LogP contribution < -0.4 is 9.47 Å². The van der Waals surface area contributed by atoms with Gasteiger partial charge in [-0.1, -0.05) is 0 Å². The summed E-state index contributed by atoms with van der Waals surface area (Å²) >= 11 is 0. The summed E-state index contributed by atoms with van der Waals surface area (Å²) in [4.78, 5) is 23.3. The van der Waals surface area contributed by atoms with Crippen LogP contribution in [0.2, 0.25) is 0 Å². The number of methoxy groups -OCH3 is 1.